The Kier molecular flexibility index (Phi) is 1.69. The Labute approximate surface area is 69.0 Å². The molecule has 2 heterocycles. The summed E-state index contributed by atoms with van der Waals surface area (Å²) in [5, 5.41) is 0.717. The Morgan fingerprint density at radius 2 is 2.17 bits per heavy atom. The summed E-state index contributed by atoms with van der Waals surface area (Å²) < 4.78 is 14.3. The van der Waals surface area contributed by atoms with Crippen molar-refractivity contribution in [2.45, 2.75) is 13.1 Å². The Bertz CT molecular complexity index is 347. The number of fused-ring (bicyclic) bond motifs is 1. The number of halogens is 1. The molecule has 0 amide bonds. The van der Waals surface area contributed by atoms with Gasteiger partial charge in [0.2, 0.25) is 0 Å². The van der Waals surface area contributed by atoms with E-state index in [1.54, 1.807) is 16.7 Å². The smallest absolute Gasteiger partial charge is 0.250 e. The normalized spacial score (nSPS) is 17.4. The third kappa shape index (κ3) is 1.14. The number of aromatic nitrogens is 1. The highest BCUT2D eigenvalue weighted by Gasteiger charge is 2.14. The summed E-state index contributed by atoms with van der Waals surface area (Å²) in [7, 11) is 0. The summed E-state index contributed by atoms with van der Waals surface area (Å²) in [4.78, 5) is 11.2. The molecule has 0 atom stereocenters. The van der Waals surface area contributed by atoms with E-state index < -0.39 is 0 Å². The lowest BCUT2D eigenvalue weighted by atomic mass is 10.3. The minimum atomic E-state index is -0.0411. The molecule has 1 aromatic rings. The molecule has 0 unspecified atom stereocenters. The van der Waals surface area contributed by atoms with Gasteiger partial charge in [-0.05, 0) is 6.07 Å². The van der Waals surface area contributed by atoms with Gasteiger partial charge in [-0.3, -0.25) is 4.79 Å². The van der Waals surface area contributed by atoms with E-state index >= 15 is 0 Å². The first kappa shape index (κ1) is 7.49. The van der Waals surface area contributed by atoms with Crippen LogP contribution in [0.1, 0.15) is 5.69 Å². The zero-order valence-electron chi connectivity index (χ0n) is 6.53. The Hall–Kier alpha value is -1.16. The molecule has 0 bridgehead atoms. The maximum Gasteiger partial charge on any atom is 0.250 e. The van der Waals surface area contributed by atoms with Crippen molar-refractivity contribution < 1.29 is 4.48 Å². The monoisotopic (exact) mass is 168 g/mol. The highest BCUT2D eigenvalue weighted by atomic mass is 19.2. The fraction of sp³-hybridized carbons (Fsp3) is 0.375. The average molecular weight is 168 g/mol. The fourth-order valence-electron chi connectivity index (χ4n) is 1.42. The molecule has 0 fully saturated rings. The van der Waals surface area contributed by atoms with Gasteiger partial charge in [-0.1, -0.05) is 6.07 Å². The minimum absolute atomic E-state index is 0.0411. The maximum atomic E-state index is 12.7. The van der Waals surface area contributed by atoms with E-state index in [0.717, 1.165) is 10.8 Å². The largest absolute Gasteiger partial charge is 0.310 e. The third-order valence-electron chi connectivity index (χ3n) is 2.04. The highest BCUT2D eigenvalue weighted by molar-refractivity contribution is 5.07. The number of hydrogen-bond acceptors (Lipinski definition) is 2. The molecule has 2 rings (SSSR count). The number of nitrogens with zero attached hydrogens (tertiary/aromatic N) is 2. The Balaban J connectivity index is 2.49. The SMILES string of the molecule is O=c1cccc2n1CCN(F)C2. The standard InChI is InChI=1S/C8H9FN2O/c9-10-4-5-11-7(6-10)2-1-3-8(11)12/h1-3H,4-6H2. The van der Waals surface area contributed by atoms with Gasteiger partial charge in [0.15, 0.2) is 0 Å². The average Bonchev–Trinajstić information content (AvgIpc) is 2.04. The van der Waals surface area contributed by atoms with Crippen LogP contribution < -0.4 is 5.56 Å². The van der Waals surface area contributed by atoms with E-state index in [1.165, 1.54) is 6.07 Å². The summed E-state index contributed by atoms with van der Waals surface area (Å²) in [5.74, 6) is 0. The topological polar surface area (TPSA) is 25.2 Å². The lowest BCUT2D eigenvalue weighted by molar-refractivity contribution is -0.00361. The van der Waals surface area contributed by atoms with Gasteiger partial charge in [-0.2, -0.15) is 0 Å². The van der Waals surface area contributed by atoms with E-state index in [9.17, 15) is 9.28 Å². The second-order valence-corrected chi connectivity index (χ2v) is 2.85. The van der Waals surface area contributed by atoms with Gasteiger partial charge < -0.3 is 4.57 Å². The second-order valence-electron chi connectivity index (χ2n) is 2.85. The van der Waals surface area contributed by atoms with Crippen molar-refractivity contribution in [2.75, 3.05) is 6.54 Å². The van der Waals surface area contributed by atoms with Gasteiger partial charge in [0.1, 0.15) is 0 Å². The molecule has 0 saturated heterocycles. The summed E-state index contributed by atoms with van der Waals surface area (Å²) >= 11 is 0. The van der Waals surface area contributed by atoms with Gasteiger partial charge >= 0.3 is 0 Å². The van der Waals surface area contributed by atoms with E-state index in [0.29, 0.717) is 13.1 Å². The molecule has 0 aliphatic carbocycles. The van der Waals surface area contributed by atoms with Crippen molar-refractivity contribution in [3.8, 4) is 0 Å². The van der Waals surface area contributed by atoms with E-state index in [-0.39, 0.29) is 12.1 Å². The quantitative estimate of drug-likeness (QED) is 0.528. The summed E-state index contributed by atoms with van der Waals surface area (Å²) in [5.41, 5.74) is 0.705. The van der Waals surface area contributed by atoms with Gasteiger partial charge in [-0.15, -0.1) is 9.60 Å². The van der Waals surface area contributed by atoms with E-state index in [2.05, 4.69) is 0 Å². The van der Waals surface area contributed by atoms with Crippen molar-refractivity contribution >= 4 is 0 Å². The molecule has 3 nitrogen and oxygen atoms in total. The lowest BCUT2D eigenvalue weighted by Crippen LogP contribution is -2.34. The van der Waals surface area contributed by atoms with Gasteiger partial charge in [0.05, 0.1) is 6.54 Å². The van der Waals surface area contributed by atoms with Gasteiger partial charge in [-0.25, -0.2) is 0 Å². The molecule has 1 aliphatic heterocycles. The maximum absolute atomic E-state index is 12.7. The van der Waals surface area contributed by atoms with Crippen LogP contribution in [0.15, 0.2) is 23.0 Å². The number of rotatable bonds is 0. The van der Waals surface area contributed by atoms with E-state index in [1.807, 2.05) is 0 Å². The molecule has 0 saturated carbocycles. The Morgan fingerprint density at radius 3 is 3.00 bits per heavy atom. The lowest BCUT2D eigenvalue weighted by Gasteiger charge is -2.22. The van der Waals surface area contributed by atoms with Crippen LogP contribution in [0.4, 0.5) is 4.48 Å². The van der Waals surface area contributed by atoms with Crippen LogP contribution in [0, 0.1) is 0 Å². The predicted octanol–water partition coefficient (Wildman–Crippen LogP) is 0.548. The molecular formula is C8H9FN2O. The first-order valence-electron chi connectivity index (χ1n) is 3.87. The number of hydrogen-bond donors (Lipinski definition) is 0. The number of pyridine rings is 1. The van der Waals surface area contributed by atoms with Crippen LogP contribution in [-0.2, 0) is 13.1 Å². The molecule has 0 N–H and O–H groups in total. The fourth-order valence-corrected chi connectivity index (χ4v) is 1.42. The van der Waals surface area contributed by atoms with Crippen LogP contribution in [0.3, 0.4) is 0 Å². The molecular weight excluding hydrogens is 159 g/mol. The van der Waals surface area contributed by atoms with Crippen molar-refractivity contribution in [3.63, 3.8) is 0 Å². The zero-order chi connectivity index (χ0) is 8.55. The molecule has 64 valence electrons. The third-order valence-corrected chi connectivity index (χ3v) is 2.04. The first-order chi connectivity index (χ1) is 5.77. The summed E-state index contributed by atoms with van der Waals surface area (Å²) in [6, 6.07) is 4.93. The minimum Gasteiger partial charge on any atom is -0.310 e. The molecule has 1 aliphatic rings. The molecule has 4 heteroatoms. The van der Waals surface area contributed by atoms with E-state index in [4.69, 9.17) is 0 Å². The van der Waals surface area contributed by atoms with Crippen LogP contribution in [-0.4, -0.2) is 16.2 Å². The van der Waals surface area contributed by atoms with Crippen molar-refractivity contribution in [3.05, 3.63) is 34.2 Å². The summed E-state index contributed by atoms with van der Waals surface area (Å²) in [6.45, 7) is 0.971. The first-order valence-corrected chi connectivity index (χ1v) is 3.87. The Morgan fingerprint density at radius 1 is 1.33 bits per heavy atom. The van der Waals surface area contributed by atoms with Crippen molar-refractivity contribution in [2.24, 2.45) is 0 Å². The van der Waals surface area contributed by atoms with Crippen LogP contribution >= 0.6 is 0 Å². The molecule has 0 spiro atoms. The molecule has 1 aromatic heterocycles. The highest BCUT2D eigenvalue weighted by Crippen LogP contribution is 2.08. The predicted molar refractivity (Wildman–Crippen MR) is 42.2 cm³/mol. The van der Waals surface area contributed by atoms with Crippen molar-refractivity contribution in [1.82, 2.24) is 9.69 Å². The van der Waals surface area contributed by atoms with Gasteiger partial charge in [0.25, 0.3) is 5.56 Å². The van der Waals surface area contributed by atoms with Gasteiger partial charge in [0, 0.05) is 24.8 Å². The second kappa shape index (κ2) is 2.71. The summed E-state index contributed by atoms with van der Waals surface area (Å²) in [6.07, 6.45) is 0. The van der Waals surface area contributed by atoms with Crippen LogP contribution in [0.2, 0.25) is 0 Å². The van der Waals surface area contributed by atoms with Crippen LogP contribution in [0.5, 0.6) is 0 Å². The molecule has 0 aromatic carbocycles. The molecule has 0 radical (unpaired) electrons. The van der Waals surface area contributed by atoms with Crippen LogP contribution in [0.25, 0.3) is 0 Å². The zero-order valence-corrected chi connectivity index (χ0v) is 6.53. The molecule has 12 heavy (non-hydrogen) atoms. The van der Waals surface area contributed by atoms with Crippen molar-refractivity contribution in [1.29, 1.82) is 0 Å².